The second-order valence-electron chi connectivity index (χ2n) is 5.35. The maximum absolute atomic E-state index is 5.61. The van der Waals surface area contributed by atoms with Gasteiger partial charge in [0.15, 0.2) is 0 Å². The third-order valence-corrected chi connectivity index (χ3v) is 4.23. The highest BCUT2D eigenvalue weighted by Crippen LogP contribution is 2.17. The number of nitrogens with one attached hydrogen (secondary N) is 1. The van der Waals surface area contributed by atoms with E-state index < -0.39 is 0 Å². The van der Waals surface area contributed by atoms with Crippen molar-refractivity contribution in [2.45, 2.75) is 19.0 Å². The quantitative estimate of drug-likeness (QED) is 0.899. The molecular weight excluding hydrogens is 304 g/mol. The Morgan fingerprint density at radius 2 is 2.32 bits per heavy atom. The zero-order valence-electron chi connectivity index (χ0n) is 11.7. The van der Waals surface area contributed by atoms with E-state index in [0.29, 0.717) is 12.0 Å². The van der Waals surface area contributed by atoms with Crippen LogP contribution in [0.5, 0.6) is 0 Å². The summed E-state index contributed by atoms with van der Waals surface area (Å²) in [5.74, 6) is 0.580. The Hall–Kier alpha value is -0.420. The summed E-state index contributed by atoms with van der Waals surface area (Å²) in [6, 6.07) is 9.10. The van der Waals surface area contributed by atoms with Gasteiger partial charge in [-0.3, -0.25) is 0 Å². The van der Waals surface area contributed by atoms with Crippen LogP contribution in [0.1, 0.15) is 12.0 Å². The molecular formula is C15H23BrN2O. The lowest BCUT2D eigenvalue weighted by molar-refractivity contribution is 0.0208. The van der Waals surface area contributed by atoms with Crippen LogP contribution in [-0.2, 0) is 11.3 Å². The third-order valence-electron chi connectivity index (χ3n) is 3.73. The van der Waals surface area contributed by atoms with Gasteiger partial charge in [0.05, 0.1) is 6.61 Å². The Kier molecular flexibility index (Phi) is 5.82. The molecule has 2 rings (SSSR count). The molecule has 3 nitrogen and oxygen atoms in total. The van der Waals surface area contributed by atoms with Gasteiger partial charge in [-0.25, -0.2) is 0 Å². The summed E-state index contributed by atoms with van der Waals surface area (Å²) in [5, 5.41) is 3.42. The molecule has 1 aliphatic rings. The second-order valence-corrected chi connectivity index (χ2v) is 6.26. The SMILES string of the molecule is CNC1CCOCC1CN(C)Cc1cccc(Br)c1. The van der Waals surface area contributed by atoms with Crippen molar-refractivity contribution in [2.75, 3.05) is 33.9 Å². The van der Waals surface area contributed by atoms with E-state index in [0.717, 1.165) is 37.2 Å². The molecule has 1 N–H and O–H groups in total. The average molecular weight is 327 g/mol. The van der Waals surface area contributed by atoms with E-state index in [1.54, 1.807) is 0 Å². The van der Waals surface area contributed by atoms with Crippen molar-refractivity contribution in [3.8, 4) is 0 Å². The van der Waals surface area contributed by atoms with Gasteiger partial charge < -0.3 is 15.0 Å². The normalized spacial score (nSPS) is 23.8. The highest BCUT2D eigenvalue weighted by Gasteiger charge is 2.25. The van der Waals surface area contributed by atoms with Crippen molar-refractivity contribution in [1.29, 1.82) is 0 Å². The molecule has 19 heavy (non-hydrogen) atoms. The van der Waals surface area contributed by atoms with E-state index in [4.69, 9.17) is 4.74 Å². The van der Waals surface area contributed by atoms with Crippen LogP contribution in [-0.4, -0.2) is 44.8 Å². The molecule has 0 spiro atoms. The van der Waals surface area contributed by atoms with Crippen molar-refractivity contribution in [3.63, 3.8) is 0 Å². The van der Waals surface area contributed by atoms with Crippen LogP contribution in [0.3, 0.4) is 0 Å². The molecule has 0 bridgehead atoms. The Morgan fingerprint density at radius 1 is 1.47 bits per heavy atom. The van der Waals surface area contributed by atoms with E-state index in [1.807, 2.05) is 0 Å². The Balaban J connectivity index is 1.87. The first-order chi connectivity index (χ1) is 9.19. The average Bonchev–Trinajstić information content (AvgIpc) is 2.39. The van der Waals surface area contributed by atoms with Gasteiger partial charge in [-0.15, -0.1) is 0 Å². The maximum atomic E-state index is 5.61. The predicted octanol–water partition coefficient (Wildman–Crippen LogP) is 2.51. The molecule has 1 aromatic rings. The summed E-state index contributed by atoms with van der Waals surface area (Å²) < 4.78 is 6.76. The van der Waals surface area contributed by atoms with Crippen LogP contribution in [0.15, 0.2) is 28.7 Å². The molecule has 1 aliphatic heterocycles. The standard InChI is InChI=1S/C15H23BrN2O/c1-17-15-6-7-19-11-13(15)10-18(2)9-12-4-3-5-14(16)8-12/h3-5,8,13,15,17H,6-7,9-11H2,1-2H3. The molecule has 0 saturated carbocycles. The smallest absolute Gasteiger partial charge is 0.0521 e. The molecule has 1 aromatic carbocycles. The zero-order chi connectivity index (χ0) is 13.7. The van der Waals surface area contributed by atoms with Crippen LogP contribution in [0, 0.1) is 5.92 Å². The van der Waals surface area contributed by atoms with Gasteiger partial charge in [0.1, 0.15) is 0 Å². The lowest BCUT2D eigenvalue weighted by Gasteiger charge is -2.34. The summed E-state index contributed by atoms with van der Waals surface area (Å²) in [6.07, 6.45) is 1.12. The van der Waals surface area contributed by atoms with Gasteiger partial charge in [0, 0.05) is 36.1 Å². The number of hydrogen-bond acceptors (Lipinski definition) is 3. The van der Waals surface area contributed by atoms with Gasteiger partial charge >= 0.3 is 0 Å². The fourth-order valence-corrected chi connectivity index (χ4v) is 3.22. The van der Waals surface area contributed by atoms with Crippen molar-refractivity contribution >= 4 is 15.9 Å². The van der Waals surface area contributed by atoms with Crippen LogP contribution >= 0.6 is 15.9 Å². The van der Waals surface area contributed by atoms with Gasteiger partial charge in [-0.05, 0) is 38.2 Å². The van der Waals surface area contributed by atoms with Crippen molar-refractivity contribution in [3.05, 3.63) is 34.3 Å². The van der Waals surface area contributed by atoms with Gasteiger partial charge in [-0.1, -0.05) is 28.1 Å². The van der Waals surface area contributed by atoms with Crippen molar-refractivity contribution in [2.24, 2.45) is 5.92 Å². The topological polar surface area (TPSA) is 24.5 Å². The molecule has 2 atom stereocenters. The lowest BCUT2D eigenvalue weighted by Crippen LogP contribution is -2.45. The van der Waals surface area contributed by atoms with Crippen molar-refractivity contribution < 1.29 is 4.74 Å². The maximum Gasteiger partial charge on any atom is 0.0521 e. The van der Waals surface area contributed by atoms with Gasteiger partial charge in [-0.2, -0.15) is 0 Å². The number of hydrogen-bond donors (Lipinski definition) is 1. The van der Waals surface area contributed by atoms with E-state index in [-0.39, 0.29) is 0 Å². The summed E-state index contributed by atoms with van der Waals surface area (Å²) in [6.45, 7) is 3.80. The molecule has 0 aromatic heterocycles. The van der Waals surface area contributed by atoms with Gasteiger partial charge in [0.25, 0.3) is 0 Å². The fourth-order valence-electron chi connectivity index (χ4n) is 2.77. The first kappa shape index (κ1) is 15.0. The summed E-state index contributed by atoms with van der Waals surface area (Å²) in [5.41, 5.74) is 1.34. The van der Waals surface area contributed by atoms with Gasteiger partial charge in [0.2, 0.25) is 0 Å². The molecule has 4 heteroatoms. The Bertz CT molecular complexity index is 399. The van der Waals surface area contributed by atoms with E-state index in [1.165, 1.54) is 5.56 Å². The number of rotatable bonds is 5. The Labute approximate surface area is 124 Å². The molecule has 106 valence electrons. The Morgan fingerprint density at radius 3 is 3.05 bits per heavy atom. The largest absolute Gasteiger partial charge is 0.381 e. The summed E-state index contributed by atoms with van der Waals surface area (Å²) >= 11 is 3.52. The zero-order valence-corrected chi connectivity index (χ0v) is 13.3. The van der Waals surface area contributed by atoms with E-state index in [9.17, 15) is 0 Å². The highest BCUT2D eigenvalue weighted by molar-refractivity contribution is 9.10. The minimum Gasteiger partial charge on any atom is -0.381 e. The number of ether oxygens (including phenoxy) is 1. The second kappa shape index (κ2) is 7.39. The minimum atomic E-state index is 0.580. The molecule has 0 aliphatic carbocycles. The summed E-state index contributed by atoms with van der Waals surface area (Å²) in [7, 11) is 4.24. The van der Waals surface area contributed by atoms with Crippen LogP contribution in [0.4, 0.5) is 0 Å². The lowest BCUT2D eigenvalue weighted by atomic mass is 9.95. The molecule has 1 fully saturated rings. The number of benzene rings is 1. The molecule has 1 saturated heterocycles. The molecule has 2 unspecified atom stereocenters. The monoisotopic (exact) mass is 326 g/mol. The first-order valence-corrected chi connectivity index (χ1v) is 7.66. The molecule has 0 amide bonds. The van der Waals surface area contributed by atoms with Crippen LogP contribution in [0.2, 0.25) is 0 Å². The summed E-state index contributed by atoms with van der Waals surface area (Å²) in [4.78, 5) is 2.38. The third kappa shape index (κ3) is 4.56. The molecule has 0 radical (unpaired) electrons. The van der Waals surface area contributed by atoms with E-state index in [2.05, 4.69) is 64.5 Å². The van der Waals surface area contributed by atoms with Crippen LogP contribution in [0.25, 0.3) is 0 Å². The first-order valence-electron chi connectivity index (χ1n) is 6.87. The minimum absolute atomic E-state index is 0.580. The highest BCUT2D eigenvalue weighted by atomic mass is 79.9. The van der Waals surface area contributed by atoms with E-state index >= 15 is 0 Å². The molecule has 1 heterocycles. The predicted molar refractivity (Wildman–Crippen MR) is 82.2 cm³/mol. The number of nitrogens with zero attached hydrogens (tertiary/aromatic N) is 1. The van der Waals surface area contributed by atoms with Crippen molar-refractivity contribution in [1.82, 2.24) is 10.2 Å². The number of halogens is 1. The van der Waals surface area contributed by atoms with Crippen LogP contribution < -0.4 is 5.32 Å². The fraction of sp³-hybridized carbons (Fsp3) is 0.600.